The van der Waals surface area contributed by atoms with Crippen molar-refractivity contribution in [2.45, 2.75) is 25.3 Å². The first-order chi connectivity index (χ1) is 9.15. The van der Waals surface area contributed by atoms with Crippen LogP contribution in [0.4, 0.5) is 0 Å². The molecule has 2 atom stereocenters. The molecule has 19 heavy (non-hydrogen) atoms. The Balaban J connectivity index is 1.91. The van der Waals surface area contributed by atoms with Gasteiger partial charge in [-0.1, -0.05) is 6.07 Å². The molecule has 0 aliphatic carbocycles. The fourth-order valence-electron chi connectivity index (χ4n) is 2.15. The summed E-state index contributed by atoms with van der Waals surface area (Å²) >= 11 is 1.45. The molecule has 104 valence electrons. The van der Waals surface area contributed by atoms with Crippen molar-refractivity contribution in [3.8, 4) is 0 Å². The number of ether oxygens (including phenoxy) is 1. The Kier molecular flexibility index (Phi) is 4.93. The van der Waals surface area contributed by atoms with Crippen molar-refractivity contribution in [2.24, 2.45) is 5.92 Å². The van der Waals surface area contributed by atoms with E-state index in [0.29, 0.717) is 19.6 Å². The number of hydrogen-bond donors (Lipinski definition) is 2. The first kappa shape index (κ1) is 14.0. The highest BCUT2D eigenvalue weighted by molar-refractivity contribution is 7.10. The van der Waals surface area contributed by atoms with Crippen LogP contribution in [0.5, 0.6) is 0 Å². The van der Waals surface area contributed by atoms with Crippen LogP contribution in [0.25, 0.3) is 0 Å². The molecule has 2 rings (SSSR count). The molecule has 0 saturated carbocycles. The molecule has 1 saturated heterocycles. The molecule has 0 spiro atoms. The van der Waals surface area contributed by atoms with Crippen molar-refractivity contribution >= 4 is 23.2 Å². The Morgan fingerprint density at radius 1 is 1.58 bits per heavy atom. The zero-order valence-corrected chi connectivity index (χ0v) is 11.3. The fraction of sp³-hybridized carbons (Fsp3) is 0.538. The number of nitrogens with one attached hydrogen (secondary N) is 1. The highest BCUT2D eigenvalue weighted by Gasteiger charge is 2.23. The van der Waals surface area contributed by atoms with Crippen LogP contribution in [0.3, 0.4) is 0 Å². The monoisotopic (exact) mass is 283 g/mol. The van der Waals surface area contributed by atoms with Gasteiger partial charge in [0.1, 0.15) is 0 Å². The average Bonchev–Trinajstić information content (AvgIpc) is 2.99. The normalized spacial score (nSPS) is 20.1. The third kappa shape index (κ3) is 4.33. The van der Waals surface area contributed by atoms with Gasteiger partial charge in [0, 0.05) is 24.5 Å². The van der Waals surface area contributed by atoms with Gasteiger partial charge in [0.2, 0.25) is 5.91 Å². The number of thiophene rings is 1. The van der Waals surface area contributed by atoms with Crippen LogP contribution in [0.2, 0.25) is 0 Å². The molecule has 0 bridgehead atoms. The number of aliphatic carboxylic acids is 1. The number of amides is 1. The van der Waals surface area contributed by atoms with Crippen molar-refractivity contribution in [1.29, 1.82) is 0 Å². The van der Waals surface area contributed by atoms with Crippen molar-refractivity contribution in [3.05, 3.63) is 22.4 Å². The van der Waals surface area contributed by atoms with E-state index in [0.717, 1.165) is 11.3 Å². The second kappa shape index (κ2) is 6.68. The van der Waals surface area contributed by atoms with Crippen LogP contribution in [0.15, 0.2) is 17.5 Å². The summed E-state index contributed by atoms with van der Waals surface area (Å²) in [7, 11) is 0. The summed E-state index contributed by atoms with van der Waals surface area (Å²) in [6.07, 6.45) is 1.21. The quantitative estimate of drug-likeness (QED) is 0.835. The summed E-state index contributed by atoms with van der Waals surface area (Å²) < 4.78 is 5.23. The van der Waals surface area contributed by atoms with Gasteiger partial charge in [-0.05, 0) is 23.8 Å². The smallest absolute Gasteiger partial charge is 0.305 e. The van der Waals surface area contributed by atoms with Gasteiger partial charge >= 0.3 is 5.97 Å². The maximum absolute atomic E-state index is 11.9. The summed E-state index contributed by atoms with van der Waals surface area (Å²) in [6.45, 7) is 1.33. The van der Waals surface area contributed by atoms with E-state index < -0.39 is 12.0 Å². The SMILES string of the molecule is O=C(O)C[C@H](NC(=O)C[C@@H]1CCOC1)c1cccs1. The first-order valence-corrected chi connectivity index (χ1v) is 7.15. The number of carboxylic acids is 1. The highest BCUT2D eigenvalue weighted by Crippen LogP contribution is 2.23. The summed E-state index contributed by atoms with van der Waals surface area (Å²) in [5.74, 6) is -0.758. The van der Waals surface area contributed by atoms with E-state index in [1.54, 1.807) is 0 Å². The Morgan fingerprint density at radius 2 is 2.42 bits per heavy atom. The Morgan fingerprint density at radius 3 is 3.00 bits per heavy atom. The molecule has 2 N–H and O–H groups in total. The van der Waals surface area contributed by atoms with Crippen molar-refractivity contribution in [2.75, 3.05) is 13.2 Å². The molecule has 6 heteroatoms. The molecule has 0 radical (unpaired) electrons. The molecular formula is C13H17NO4S. The van der Waals surface area contributed by atoms with E-state index in [-0.39, 0.29) is 18.2 Å². The van der Waals surface area contributed by atoms with Gasteiger partial charge < -0.3 is 15.2 Å². The van der Waals surface area contributed by atoms with Gasteiger partial charge in [-0.25, -0.2) is 0 Å². The van der Waals surface area contributed by atoms with Crippen molar-refractivity contribution in [3.63, 3.8) is 0 Å². The fourth-order valence-corrected chi connectivity index (χ4v) is 2.92. The van der Waals surface area contributed by atoms with Crippen LogP contribution < -0.4 is 5.32 Å². The van der Waals surface area contributed by atoms with Crippen LogP contribution in [-0.2, 0) is 14.3 Å². The molecule has 1 aliphatic rings. The molecular weight excluding hydrogens is 266 g/mol. The van der Waals surface area contributed by atoms with Crippen LogP contribution in [-0.4, -0.2) is 30.2 Å². The number of carbonyl (C=O) groups is 2. The van der Waals surface area contributed by atoms with E-state index in [9.17, 15) is 9.59 Å². The average molecular weight is 283 g/mol. The lowest BCUT2D eigenvalue weighted by atomic mass is 10.0. The summed E-state index contributed by atoms with van der Waals surface area (Å²) in [5.41, 5.74) is 0. The topological polar surface area (TPSA) is 75.6 Å². The van der Waals surface area contributed by atoms with E-state index in [1.807, 2.05) is 17.5 Å². The second-order valence-electron chi connectivity index (χ2n) is 4.67. The molecule has 1 aromatic heterocycles. The second-order valence-corrected chi connectivity index (χ2v) is 5.65. The molecule has 2 heterocycles. The molecule has 0 unspecified atom stereocenters. The van der Waals surface area contributed by atoms with Crippen molar-refractivity contribution < 1.29 is 19.4 Å². The first-order valence-electron chi connectivity index (χ1n) is 6.27. The Labute approximate surface area is 115 Å². The van der Waals surface area contributed by atoms with Crippen LogP contribution >= 0.6 is 11.3 Å². The molecule has 0 aromatic carbocycles. The lowest BCUT2D eigenvalue weighted by molar-refractivity contribution is -0.137. The standard InChI is InChI=1S/C13H17NO4S/c15-12(6-9-3-4-18-8-9)14-10(7-13(16)17)11-2-1-5-19-11/h1-2,5,9-10H,3-4,6-8H2,(H,14,15)(H,16,17)/t9-,10-/m0/s1. The largest absolute Gasteiger partial charge is 0.481 e. The van der Waals surface area contributed by atoms with E-state index in [4.69, 9.17) is 9.84 Å². The number of carboxylic acid groups (broad SMARTS) is 1. The van der Waals surface area contributed by atoms with Gasteiger partial charge in [-0.2, -0.15) is 0 Å². The van der Waals surface area contributed by atoms with E-state index in [1.165, 1.54) is 11.3 Å². The zero-order valence-electron chi connectivity index (χ0n) is 10.5. The van der Waals surface area contributed by atoms with Gasteiger partial charge in [0.25, 0.3) is 0 Å². The molecule has 1 fully saturated rings. The molecule has 1 aliphatic heterocycles. The maximum atomic E-state index is 11.9. The zero-order chi connectivity index (χ0) is 13.7. The number of rotatable bonds is 6. The predicted molar refractivity (Wildman–Crippen MR) is 71.0 cm³/mol. The predicted octanol–water partition coefficient (Wildman–Crippen LogP) is 1.81. The lowest BCUT2D eigenvalue weighted by Gasteiger charge is -2.16. The Bertz CT molecular complexity index is 426. The molecule has 1 aromatic rings. The van der Waals surface area contributed by atoms with Crippen LogP contribution in [0.1, 0.15) is 30.2 Å². The van der Waals surface area contributed by atoms with E-state index in [2.05, 4.69) is 5.32 Å². The highest BCUT2D eigenvalue weighted by atomic mass is 32.1. The third-order valence-corrected chi connectivity index (χ3v) is 4.08. The number of hydrogen-bond acceptors (Lipinski definition) is 4. The van der Waals surface area contributed by atoms with Crippen molar-refractivity contribution in [1.82, 2.24) is 5.32 Å². The summed E-state index contributed by atoms with van der Waals surface area (Å²) in [5, 5.41) is 13.6. The summed E-state index contributed by atoms with van der Waals surface area (Å²) in [6, 6.07) is 3.26. The van der Waals surface area contributed by atoms with Gasteiger partial charge in [0.15, 0.2) is 0 Å². The number of carbonyl (C=O) groups excluding carboxylic acids is 1. The van der Waals surface area contributed by atoms with Gasteiger partial charge in [0.05, 0.1) is 12.5 Å². The minimum Gasteiger partial charge on any atom is -0.481 e. The van der Waals surface area contributed by atoms with E-state index >= 15 is 0 Å². The molecule has 1 amide bonds. The maximum Gasteiger partial charge on any atom is 0.305 e. The molecule has 5 nitrogen and oxygen atoms in total. The van der Waals surface area contributed by atoms with Crippen LogP contribution in [0, 0.1) is 5.92 Å². The minimum atomic E-state index is -0.914. The Hall–Kier alpha value is -1.40. The van der Waals surface area contributed by atoms with Gasteiger partial charge in [-0.3, -0.25) is 9.59 Å². The van der Waals surface area contributed by atoms with Gasteiger partial charge in [-0.15, -0.1) is 11.3 Å². The summed E-state index contributed by atoms with van der Waals surface area (Å²) in [4.78, 5) is 23.7. The minimum absolute atomic E-state index is 0.0899. The lowest BCUT2D eigenvalue weighted by Crippen LogP contribution is -2.31. The third-order valence-electron chi connectivity index (χ3n) is 3.10.